The van der Waals surface area contributed by atoms with Crippen molar-refractivity contribution >= 4 is 16.8 Å². The van der Waals surface area contributed by atoms with Crippen LogP contribution in [0.25, 0.3) is 0 Å². The Labute approximate surface area is 112 Å². The highest BCUT2D eigenvalue weighted by Crippen LogP contribution is 2.34. The Hall–Kier alpha value is -1.38. The van der Waals surface area contributed by atoms with Crippen LogP contribution in [0, 0.1) is 15.9 Å². The van der Waals surface area contributed by atoms with Gasteiger partial charge in [0.1, 0.15) is 0 Å². The number of hydrogen-bond donors (Lipinski definition) is 1. The van der Waals surface area contributed by atoms with Gasteiger partial charge in [-0.3, -0.25) is 14.3 Å². The van der Waals surface area contributed by atoms with E-state index in [1.807, 2.05) is 0 Å². The lowest BCUT2D eigenvalue weighted by atomic mass is 10.00. The molecule has 0 fully saturated rings. The van der Waals surface area contributed by atoms with E-state index in [0.29, 0.717) is 0 Å². The molecule has 0 aliphatic heterocycles. The Morgan fingerprint density at radius 3 is 2.32 bits per heavy atom. The number of benzene rings is 1. The predicted octanol–water partition coefficient (Wildman–Crippen LogP) is 1.85. The van der Waals surface area contributed by atoms with Crippen LogP contribution in [0.1, 0.15) is 26.3 Å². The normalized spacial score (nSPS) is 12.3. The molecule has 0 spiro atoms. The van der Waals surface area contributed by atoms with E-state index in [2.05, 4.69) is 0 Å². The summed E-state index contributed by atoms with van der Waals surface area (Å²) < 4.78 is 33.7. The summed E-state index contributed by atoms with van der Waals surface area (Å²) in [7, 11) is 0. The number of nitro benzene ring substituents is 1. The van der Waals surface area contributed by atoms with Crippen molar-refractivity contribution in [2.24, 2.45) is 0 Å². The minimum atomic E-state index is -2.58. The van der Waals surface area contributed by atoms with Crippen molar-refractivity contribution in [3.63, 3.8) is 0 Å². The van der Waals surface area contributed by atoms with Gasteiger partial charge in [-0.05, 0) is 37.9 Å². The molecule has 1 atom stereocenters. The number of halogens is 1. The maximum atomic E-state index is 13.3. The van der Waals surface area contributed by atoms with Crippen molar-refractivity contribution in [3.05, 3.63) is 39.7 Å². The molecule has 6 nitrogen and oxygen atoms in total. The predicted molar refractivity (Wildman–Crippen MR) is 67.8 cm³/mol. The van der Waals surface area contributed by atoms with Crippen LogP contribution in [0.2, 0.25) is 0 Å². The van der Waals surface area contributed by atoms with Crippen LogP contribution >= 0.6 is 0 Å². The van der Waals surface area contributed by atoms with E-state index in [1.165, 1.54) is 26.0 Å². The second-order valence-electron chi connectivity index (χ2n) is 3.95. The van der Waals surface area contributed by atoms with E-state index in [9.17, 15) is 23.3 Å². The first kappa shape index (κ1) is 17.6. The minimum Gasteiger partial charge on any atom is -0.772 e. The molecule has 1 aromatic rings. The topological polar surface area (TPSA) is 104 Å². The van der Waals surface area contributed by atoms with Crippen LogP contribution in [-0.2, 0) is 15.8 Å². The standard InChI is InChI=1S/C9H10FNO4S.C2H6O/c1-9(2,16(14)15)6-4-3-5-7(10)8(6)11(12)13;1-2-3/h3-5H,1-2H3,(H,14,15);3H,2H2,1H3/p-1. The van der Waals surface area contributed by atoms with Crippen molar-refractivity contribution in [1.29, 1.82) is 0 Å². The van der Waals surface area contributed by atoms with Gasteiger partial charge in [-0.2, -0.15) is 4.39 Å². The van der Waals surface area contributed by atoms with E-state index in [4.69, 9.17) is 5.11 Å². The van der Waals surface area contributed by atoms with Crippen LogP contribution in [0.4, 0.5) is 10.1 Å². The summed E-state index contributed by atoms with van der Waals surface area (Å²) >= 11 is -2.58. The lowest BCUT2D eigenvalue weighted by Crippen LogP contribution is -2.25. The van der Waals surface area contributed by atoms with E-state index in [1.54, 1.807) is 6.92 Å². The van der Waals surface area contributed by atoms with Gasteiger partial charge in [-0.15, -0.1) is 0 Å². The maximum absolute atomic E-state index is 13.3. The zero-order valence-electron chi connectivity index (χ0n) is 10.8. The van der Waals surface area contributed by atoms with E-state index in [-0.39, 0.29) is 12.2 Å². The molecular weight excluding hydrogens is 277 g/mol. The number of nitrogens with zero attached hydrogens (tertiary/aromatic N) is 1. The van der Waals surface area contributed by atoms with E-state index >= 15 is 0 Å². The lowest BCUT2D eigenvalue weighted by Gasteiger charge is -2.27. The summed E-state index contributed by atoms with van der Waals surface area (Å²) in [6, 6.07) is 3.40. The Balaban J connectivity index is 0.000000982. The fourth-order valence-corrected chi connectivity index (χ4v) is 1.62. The monoisotopic (exact) mass is 292 g/mol. The summed E-state index contributed by atoms with van der Waals surface area (Å²) in [5, 5.41) is 18.2. The first-order chi connectivity index (χ1) is 8.69. The average molecular weight is 292 g/mol. The maximum Gasteiger partial charge on any atom is 0.309 e. The van der Waals surface area contributed by atoms with Gasteiger partial charge in [0.15, 0.2) is 0 Å². The first-order valence-corrected chi connectivity index (χ1v) is 6.41. The Bertz CT molecular complexity index is 478. The quantitative estimate of drug-likeness (QED) is 0.520. The third-order valence-corrected chi connectivity index (χ3v) is 3.29. The zero-order chi connectivity index (χ0) is 15.2. The van der Waals surface area contributed by atoms with Gasteiger partial charge in [0.25, 0.3) is 0 Å². The Kier molecular flexibility index (Phi) is 6.74. The number of para-hydroxylation sites is 1. The van der Waals surface area contributed by atoms with Crippen molar-refractivity contribution in [2.45, 2.75) is 25.5 Å². The smallest absolute Gasteiger partial charge is 0.309 e. The zero-order valence-corrected chi connectivity index (χ0v) is 11.6. The van der Waals surface area contributed by atoms with Crippen molar-refractivity contribution in [3.8, 4) is 0 Å². The molecule has 0 bridgehead atoms. The second kappa shape index (κ2) is 7.27. The summed E-state index contributed by atoms with van der Waals surface area (Å²) in [5.74, 6) is -1.04. The first-order valence-electron chi connectivity index (χ1n) is 5.33. The fourth-order valence-electron chi connectivity index (χ4n) is 1.28. The molecule has 1 aromatic carbocycles. The van der Waals surface area contributed by atoms with Gasteiger partial charge in [-0.1, -0.05) is 12.1 Å². The van der Waals surface area contributed by atoms with E-state index < -0.39 is 32.3 Å². The highest BCUT2D eigenvalue weighted by Gasteiger charge is 2.32. The molecule has 0 heterocycles. The molecule has 0 aliphatic rings. The molecule has 0 aromatic heterocycles. The van der Waals surface area contributed by atoms with Gasteiger partial charge < -0.3 is 9.66 Å². The summed E-state index contributed by atoms with van der Waals surface area (Å²) in [4.78, 5) is 9.76. The third kappa shape index (κ3) is 4.34. The molecular formula is C11H15FNO5S-. The molecule has 0 amide bonds. The largest absolute Gasteiger partial charge is 0.772 e. The van der Waals surface area contributed by atoms with Crippen LogP contribution in [0.3, 0.4) is 0 Å². The summed E-state index contributed by atoms with van der Waals surface area (Å²) in [5.41, 5.74) is -0.956. The van der Waals surface area contributed by atoms with Crippen LogP contribution in [0.15, 0.2) is 18.2 Å². The number of hydrogen-bond acceptors (Lipinski definition) is 5. The highest BCUT2D eigenvalue weighted by molar-refractivity contribution is 7.80. The Morgan fingerprint density at radius 1 is 1.47 bits per heavy atom. The molecule has 0 saturated heterocycles. The minimum absolute atomic E-state index is 0.161. The number of aliphatic hydroxyl groups excluding tert-OH is 1. The third-order valence-electron chi connectivity index (χ3n) is 2.23. The van der Waals surface area contributed by atoms with Gasteiger partial charge in [-0.25, -0.2) is 0 Å². The molecule has 1 rings (SSSR count). The summed E-state index contributed by atoms with van der Waals surface area (Å²) in [6.07, 6.45) is 0. The van der Waals surface area contributed by atoms with Crippen LogP contribution in [0.5, 0.6) is 0 Å². The van der Waals surface area contributed by atoms with Gasteiger partial charge in [0.05, 0.1) is 9.67 Å². The van der Waals surface area contributed by atoms with Crippen molar-refractivity contribution < 1.29 is 23.2 Å². The number of aliphatic hydroxyl groups is 1. The molecule has 0 radical (unpaired) electrons. The molecule has 8 heteroatoms. The molecule has 108 valence electrons. The fraction of sp³-hybridized carbons (Fsp3) is 0.455. The van der Waals surface area contributed by atoms with Crippen molar-refractivity contribution in [2.75, 3.05) is 6.61 Å². The average Bonchev–Trinajstić information content (AvgIpc) is 2.28. The van der Waals surface area contributed by atoms with Gasteiger partial charge in [0.2, 0.25) is 5.82 Å². The van der Waals surface area contributed by atoms with Crippen molar-refractivity contribution in [1.82, 2.24) is 0 Å². The second-order valence-corrected chi connectivity index (χ2v) is 5.44. The summed E-state index contributed by atoms with van der Waals surface area (Å²) in [6.45, 7) is 4.48. The molecule has 1 N–H and O–H groups in total. The number of nitro groups is 1. The Morgan fingerprint density at radius 2 is 1.95 bits per heavy atom. The van der Waals surface area contributed by atoms with Gasteiger partial charge in [0, 0.05) is 12.2 Å². The van der Waals surface area contributed by atoms with Crippen LogP contribution < -0.4 is 0 Å². The highest BCUT2D eigenvalue weighted by atomic mass is 32.2. The molecule has 0 aliphatic carbocycles. The molecule has 0 saturated carbocycles. The van der Waals surface area contributed by atoms with E-state index in [0.717, 1.165) is 6.07 Å². The number of rotatable bonds is 3. The van der Waals surface area contributed by atoms with Gasteiger partial charge >= 0.3 is 5.69 Å². The SMILES string of the molecule is CC(C)(c1cccc(F)c1[N+](=O)[O-])S(=O)[O-].CCO. The molecule has 19 heavy (non-hydrogen) atoms. The molecule has 1 unspecified atom stereocenters. The lowest BCUT2D eigenvalue weighted by molar-refractivity contribution is -0.388. The van der Waals surface area contributed by atoms with Crippen LogP contribution in [-0.4, -0.2) is 25.4 Å².